The van der Waals surface area contributed by atoms with Gasteiger partial charge in [-0.2, -0.15) is 0 Å². The molecule has 1 rings (SSSR count). The van der Waals surface area contributed by atoms with Crippen LogP contribution in [0.1, 0.15) is 6.42 Å². The number of carboxylic acid groups (broad SMARTS) is 1. The third-order valence-corrected chi connectivity index (χ3v) is 2.16. The first-order valence-electron chi connectivity index (χ1n) is 4.50. The fourth-order valence-corrected chi connectivity index (χ4v) is 1.44. The number of carbonyl (C=O) groups is 4. The minimum atomic E-state index is -1.08. The molecule has 4 N–H and O–H groups in total. The Bertz CT molecular complexity index is 354. The Balaban J connectivity index is 2.50. The lowest BCUT2D eigenvalue weighted by molar-refractivity contribution is -0.141. The SMILES string of the molecule is NC(=O)NC(=O)CN1CC(C(=O)O)CC1=O. The van der Waals surface area contributed by atoms with Crippen LogP contribution in [0, 0.1) is 5.92 Å². The van der Waals surface area contributed by atoms with Crippen molar-refractivity contribution in [3.05, 3.63) is 0 Å². The van der Waals surface area contributed by atoms with Gasteiger partial charge in [0.05, 0.1) is 5.92 Å². The highest BCUT2D eigenvalue weighted by Crippen LogP contribution is 2.17. The first kappa shape index (κ1) is 12.0. The number of rotatable bonds is 3. The molecule has 0 aromatic carbocycles. The summed E-state index contributed by atoms with van der Waals surface area (Å²) in [6.07, 6.45) is -0.126. The van der Waals surface area contributed by atoms with Crippen molar-refractivity contribution in [2.24, 2.45) is 11.7 Å². The van der Waals surface area contributed by atoms with Crippen LogP contribution in [0.5, 0.6) is 0 Å². The molecule has 88 valence electrons. The average Bonchev–Trinajstić information content (AvgIpc) is 2.46. The van der Waals surface area contributed by atoms with Crippen molar-refractivity contribution in [3.8, 4) is 0 Å². The van der Waals surface area contributed by atoms with E-state index < -0.39 is 29.7 Å². The molecule has 1 atom stereocenters. The molecule has 4 amide bonds. The van der Waals surface area contributed by atoms with E-state index in [2.05, 4.69) is 0 Å². The molecule has 0 aliphatic carbocycles. The molecule has 8 heteroatoms. The minimum absolute atomic E-state index is 0.0274. The Hall–Kier alpha value is -2.12. The third kappa shape index (κ3) is 2.94. The van der Waals surface area contributed by atoms with Crippen LogP contribution in [0.3, 0.4) is 0 Å². The predicted octanol–water partition coefficient (Wildman–Crippen LogP) is -1.89. The Morgan fingerprint density at radius 2 is 2.12 bits per heavy atom. The van der Waals surface area contributed by atoms with Gasteiger partial charge in [0, 0.05) is 13.0 Å². The highest BCUT2D eigenvalue weighted by Gasteiger charge is 2.35. The van der Waals surface area contributed by atoms with E-state index in [9.17, 15) is 19.2 Å². The molecule has 1 saturated heterocycles. The van der Waals surface area contributed by atoms with Gasteiger partial charge in [0.1, 0.15) is 6.54 Å². The number of primary amides is 1. The van der Waals surface area contributed by atoms with Gasteiger partial charge in [-0.15, -0.1) is 0 Å². The number of urea groups is 1. The van der Waals surface area contributed by atoms with Crippen molar-refractivity contribution >= 4 is 23.8 Å². The maximum absolute atomic E-state index is 11.3. The Morgan fingerprint density at radius 3 is 2.56 bits per heavy atom. The molecule has 1 unspecified atom stereocenters. The Labute approximate surface area is 90.4 Å². The van der Waals surface area contributed by atoms with E-state index in [4.69, 9.17) is 10.8 Å². The molecular weight excluding hydrogens is 218 g/mol. The lowest BCUT2D eigenvalue weighted by Crippen LogP contribution is -2.42. The van der Waals surface area contributed by atoms with E-state index in [1.807, 2.05) is 0 Å². The van der Waals surface area contributed by atoms with E-state index in [1.54, 1.807) is 5.32 Å². The predicted molar refractivity (Wildman–Crippen MR) is 50.0 cm³/mol. The van der Waals surface area contributed by atoms with Gasteiger partial charge in [-0.3, -0.25) is 19.7 Å². The van der Waals surface area contributed by atoms with Crippen LogP contribution in [0.2, 0.25) is 0 Å². The first-order chi connectivity index (χ1) is 7.40. The fourth-order valence-electron chi connectivity index (χ4n) is 1.44. The van der Waals surface area contributed by atoms with Gasteiger partial charge >= 0.3 is 12.0 Å². The summed E-state index contributed by atoms with van der Waals surface area (Å²) in [5, 5.41) is 10.5. The number of carbonyl (C=O) groups excluding carboxylic acids is 3. The molecule has 8 nitrogen and oxygen atoms in total. The zero-order valence-electron chi connectivity index (χ0n) is 8.30. The van der Waals surface area contributed by atoms with Gasteiger partial charge in [0.25, 0.3) is 0 Å². The summed E-state index contributed by atoms with van der Waals surface area (Å²) in [7, 11) is 0. The molecule has 0 saturated carbocycles. The summed E-state index contributed by atoms with van der Waals surface area (Å²) in [5.41, 5.74) is 4.71. The molecule has 16 heavy (non-hydrogen) atoms. The van der Waals surface area contributed by atoms with Crippen LogP contribution >= 0.6 is 0 Å². The maximum atomic E-state index is 11.3. The number of nitrogens with zero attached hydrogens (tertiary/aromatic N) is 1. The van der Waals surface area contributed by atoms with E-state index in [0.29, 0.717) is 0 Å². The van der Waals surface area contributed by atoms with Crippen molar-refractivity contribution in [1.82, 2.24) is 10.2 Å². The molecule has 1 heterocycles. The molecule has 0 aromatic rings. The largest absolute Gasteiger partial charge is 0.481 e. The van der Waals surface area contributed by atoms with Crippen molar-refractivity contribution < 1.29 is 24.3 Å². The van der Waals surface area contributed by atoms with Crippen molar-refractivity contribution in [2.45, 2.75) is 6.42 Å². The second kappa shape index (κ2) is 4.60. The zero-order chi connectivity index (χ0) is 12.3. The van der Waals surface area contributed by atoms with Crippen LogP contribution < -0.4 is 11.1 Å². The van der Waals surface area contributed by atoms with Crippen molar-refractivity contribution in [2.75, 3.05) is 13.1 Å². The Morgan fingerprint density at radius 1 is 1.50 bits per heavy atom. The molecule has 0 aromatic heterocycles. The summed E-state index contributed by atoms with van der Waals surface area (Å²) in [6, 6.07) is -1.01. The summed E-state index contributed by atoms with van der Waals surface area (Å²) in [5.74, 6) is -3.03. The molecule has 0 bridgehead atoms. The number of carboxylic acids is 1. The van der Waals surface area contributed by atoms with E-state index >= 15 is 0 Å². The number of hydrogen-bond acceptors (Lipinski definition) is 4. The number of imide groups is 1. The Kier molecular flexibility index (Phi) is 3.44. The molecule has 1 aliphatic rings. The highest BCUT2D eigenvalue weighted by atomic mass is 16.4. The second-order valence-corrected chi connectivity index (χ2v) is 3.43. The van der Waals surface area contributed by atoms with Crippen LogP contribution in [-0.4, -0.2) is 46.9 Å². The molecular formula is C8H11N3O5. The molecule has 1 fully saturated rings. The summed E-state index contributed by atoms with van der Waals surface area (Å²) in [4.78, 5) is 44.4. The van der Waals surface area contributed by atoms with Crippen molar-refractivity contribution in [3.63, 3.8) is 0 Å². The number of amides is 4. The molecule has 0 spiro atoms. The number of nitrogens with one attached hydrogen (secondary N) is 1. The van der Waals surface area contributed by atoms with Gasteiger partial charge in [-0.1, -0.05) is 0 Å². The van der Waals surface area contributed by atoms with Gasteiger partial charge in [-0.25, -0.2) is 4.79 Å². The van der Waals surface area contributed by atoms with Gasteiger partial charge in [-0.05, 0) is 0 Å². The van der Waals surface area contributed by atoms with E-state index in [-0.39, 0.29) is 19.5 Å². The summed E-state index contributed by atoms with van der Waals surface area (Å²) >= 11 is 0. The maximum Gasteiger partial charge on any atom is 0.318 e. The van der Waals surface area contributed by atoms with Gasteiger partial charge in [0.15, 0.2) is 0 Å². The number of aliphatic carboxylic acids is 1. The second-order valence-electron chi connectivity index (χ2n) is 3.43. The lowest BCUT2D eigenvalue weighted by Gasteiger charge is -2.14. The van der Waals surface area contributed by atoms with Gasteiger partial charge < -0.3 is 15.7 Å². The third-order valence-electron chi connectivity index (χ3n) is 2.16. The standard InChI is InChI=1S/C8H11N3O5/c9-8(16)10-5(12)3-11-2-4(7(14)15)1-6(11)13/h4H,1-3H2,(H,14,15)(H3,9,10,12,16). The van der Waals surface area contributed by atoms with Crippen LogP contribution in [0.25, 0.3) is 0 Å². The van der Waals surface area contributed by atoms with Gasteiger partial charge in [0.2, 0.25) is 11.8 Å². The average molecular weight is 229 g/mol. The quantitative estimate of drug-likeness (QED) is 0.521. The van der Waals surface area contributed by atoms with Crippen LogP contribution in [0.4, 0.5) is 4.79 Å². The topological polar surface area (TPSA) is 130 Å². The highest BCUT2D eigenvalue weighted by molar-refractivity contribution is 5.96. The molecule has 0 radical (unpaired) electrons. The number of hydrogen-bond donors (Lipinski definition) is 3. The van der Waals surface area contributed by atoms with E-state index in [0.717, 1.165) is 4.90 Å². The fraction of sp³-hybridized carbons (Fsp3) is 0.500. The lowest BCUT2D eigenvalue weighted by atomic mass is 10.1. The van der Waals surface area contributed by atoms with Crippen molar-refractivity contribution in [1.29, 1.82) is 0 Å². The molecule has 1 aliphatic heterocycles. The normalized spacial score (nSPS) is 19.6. The summed E-state index contributed by atoms with van der Waals surface area (Å²) < 4.78 is 0. The monoisotopic (exact) mass is 229 g/mol. The minimum Gasteiger partial charge on any atom is -0.481 e. The zero-order valence-corrected chi connectivity index (χ0v) is 8.30. The number of likely N-dealkylation sites (tertiary alicyclic amines) is 1. The number of nitrogens with two attached hydrogens (primary N) is 1. The van der Waals surface area contributed by atoms with Crippen LogP contribution in [0.15, 0.2) is 0 Å². The first-order valence-corrected chi connectivity index (χ1v) is 4.50. The smallest absolute Gasteiger partial charge is 0.318 e. The summed E-state index contributed by atoms with van der Waals surface area (Å²) in [6.45, 7) is -0.383. The van der Waals surface area contributed by atoms with E-state index in [1.165, 1.54) is 0 Å². The van der Waals surface area contributed by atoms with Crippen LogP contribution in [-0.2, 0) is 14.4 Å².